The number of rotatable bonds is 5. The molecule has 0 amide bonds. The van der Waals surface area contributed by atoms with Crippen LogP contribution in [0.15, 0.2) is 60.7 Å². The van der Waals surface area contributed by atoms with E-state index in [0.717, 1.165) is 29.3 Å². The van der Waals surface area contributed by atoms with Gasteiger partial charge in [0, 0.05) is 23.9 Å². The second kappa shape index (κ2) is 6.92. The molecule has 0 atom stereocenters. The van der Waals surface area contributed by atoms with Crippen LogP contribution in [-0.2, 0) is 0 Å². The van der Waals surface area contributed by atoms with Gasteiger partial charge in [0.25, 0.3) is 0 Å². The van der Waals surface area contributed by atoms with Crippen molar-refractivity contribution in [3.8, 4) is 11.3 Å². The molecule has 1 heterocycles. The summed E-state index contributed by atoms with van der Waals surface area (Å²) in [5.41, 5.74) is 4.21. The van der Waals surface area contributed by atoms with Crippen molar-refractivity contribution < 1.29 is 0 Å². The van der Waals surface area contributed by atoms with Crippen LogP contribution in [0.5, 0.6) is 0 Å². The molecule has 23 heavy (non-hydrogen) atoms. The van der Waals surface area contributed by atoms with Crippen LogP contribution in [0.4, 0.5) is 17.5 Å². The Labute approximate surface area is 136 Å². The van der Waals surface area contributed by atoms with Crippen LogP contribution in [0.3, 0.4) is 0 Å². The SMILES string of the molecule is CCNc1nc(Nc2ccc(C)cc2)cc(-c2ccccc2)n1. The van der Waals surface area contributed by atoms with E-state index in [1.54, 1.807) is 0 Å². The lowest BCUT2D eigenvalue weighted by atomic mass is 10.1. The lowest BCUT2D eigenvalue weighted by molar-refractivity contribution is 1.09. The van der Waals surface area contributed by atoms with Crippen molar-refractivity contribution in [2.45, 2.75) is 13.8 Å². The molecule has 0 aliphatic carbocycles. The first kappa shape index (κ1) is 15.0. The molecule has 0 saturated carbocycles. The third kappa shape index (κ3) is 3.86. The molecule has 2 aromatic carbocycles. The van der Waals surface area contributed by atoms with E-state index in [-0.39, 0.29) is 0 Å². The lowest BCUT2D eigenvalue weighted by Crippen LogP contribution is -2.05. The van der Waals surface area contributed by atoms with Crippen molar-refractivity contribution in [3.05, 3.63) is 66.2 Å². The number of nitrogens with one attached hydrogen (secondary N) is 2. The molecule has 3 rings (SSSR count). The van der Waals surface area contributed by atoms with Gasteiger partial charge in [0.05, 0.1) is 5.69 Å². The summed E-state index contributed by atoms with van der Waals surface area (Å²) in [7, 11) is 0. The van der Waals surface area contributed by atoms with Crippen LogP contribution >= 0.6 is 0 Å². The summed E-state index contributed by atoms with van der Waals surface area (Å²) in [6, 6.07) is 20.3. The van der Waals surface area contributed by atoms with Crippen LogP contribution in [0, 0.1) is 6.92 Å². The third-order valence-electron chi connectivity index (χ3n) is 3.45. The fourth-order valence-electron chi connectivity index (χ4n) is 2.29. The van der Waals surface area contributed by atoms with Gasteiger partial charge < -0.3 is 10.6 Å². The van der Waals surface area contributed by atoms with E-state index in [0.29, 0.717) is 5.95 Å². The Hall–Kier alpha value is -2.88. The summed E-state index contributed by atoms with van der Waals surface area (Å²) in [5, 5.41) is 6.54. The van der Waals surface area contributed by atoms with Gasteiger partial charge >= 0.3 is 0 Å². The van der Waals surface area contributed by atoms with Crippen LogP contribution in [-0.4, -0.2) is 16.5 Å². The highest BCUT2D eigenvalue weighted by atomic mass is 15.1. The Morgan fingerprint density at radius 1 is 0.913 bits per heavy atom. The van der Waals surface area contributed by atoms with Gasteiger partial charge in [-0.25, -0.2) is 4.98 Å². The standard InChI is InChI=1S/C19H20N4/c1-3-20-19-22-17(15-7-5-4-6-8-15)13-18(23-19)21-16-11-9-14(2)10-12-16/h4-13H,3H2,1-2H3,(H2,20,21,22,23). The zero-order chi connectivity index (χ0) is 16.1. The van der Waals surface area contributed by atoms with Gasteiger partial charge in [-0.15, -0.1) is 0 Å². The van der Waals surface area contributed by atoms with E-state index >= 15 is 0 Å². The molecule has 0 saturated heterocycles. The van der Waals surface area contributed by atoms with E-state index in [4.69, 9.17) is 0 Å². The van der Waals surface area contributed by atoms with Gasteiger partial charge in [0.1, 0.15) is 5.82 Å². The van der Waals surface area contributed by atoms with Crippen molar-refractivity contribution in [3.63, 3.8) is 0 Å². The van der Waals surface area contributed by atoms with E-state index in [2.05, 4.69) is 39.7 Å². The number of nitrogens with zero attached hydrogens (tertiary/aromatic N) is 2. The summed E-state index contributed by atoms with van der Waals surface area (Å²) in [6.45, 7) is 4.89. The van der Waals surface area contributed by atoms with Gasteiger partial charge in [-0.2, -0.15) is 4.98 Å². The highest BCUT2D eigenvalue weighted by Gasteiger charge is 2.06. The minimum Gasteiger partial charge on any atom is -0.354 e. The molecule has 4 heteroatoms. The maximum atomic E-state index is 4.59. The van der Waals surface area contributed by atoms with Crippen LogP contribution in [0.25, 0.3) is 11.3 Å². The average Bonchev–Trinajstić information content (AvgIpc) is 2.58. The van der Waals surface area contributed by atoms with Crippen molar-refractivity contribution in [2.75, 3.05) is 17.2 Å². The maximum Gasteiger partial charge on any atom is 0.225 e. The first-order valence-electron chi connectivity index (χ1n) is 7.76. The van der Waals surface area contributed by atoms with Gasteiger partial charge in [0.15, 0.2) is 0 Å². The van der Waals surface area contributed by atoms with Gasteiger partial charge in [-0.1, -0.05) is 48.0 Å². The Kier molecular flexibility index (Phi) is 4.52. The molecule has 1 aromatic heterocycles. The van der Waals surface area contributed by atoms with E-state index in [1.807, 2.05) is 55.5 Å². The average molecular weight is 304 g/mol. The molecule has 0 bridgehead atoms. The Balaban J connectivity index is 1.95. The highest BCUT2D eigenvalue weighted by Crippen LogP contribution is 2.23. The minimum absolute atomic E-state index is 0.628. The molecular weight excluding hydrogens is 284 g/mol. The second-order valence-electron chi connectivity index (χ2n) is 5.35. The first-order valence-corrected chi connectivity index (χ1v) is 7.76. The molecule has 0 unspecified atom stereocenters. The topological polar surface area (TPSA) is 49.8 Å². The zero-order valence-electron chi connectivity index (χ0n) is 13.4. The molecule has 0 radical (unpaired) electrons. The highest BCUT2D eigenvalue weighted by molar-refractivity contribution is 5.67. The normalized spacial score (nSPS) is 10.3. The van der Waals surface area contributed by atoms with Gasteiger partial charge in [-0.05, 0) is 26.0 Å². The van der Waals surface area contributed by atoms with Gasteiger partial charge in [0.2, 0.25) is 5.95 Å². The summed E-state index contributed by atoms with van der Waals surface area (Å²) in [5.74, 6) is 1.40. The number of hydrogen-bond acceptors (Lipinski definition) is 4. The summed E-state index contributed by atoms with van der Waals surface area (Å²) >= 11 is 0. The first-order chi connectivity index (χ1) is 11.2. The summed E-state index contributed by atoms with van der Waals surface area (Å²) in [6.07, 6.45) is 0. The predicted molar refractivity (Wildman–Crippen MR) is 96.1 cm³/mol. The van der Waals surface area contributed by atoms with Crippen molar-refractivity contribution in [2.24, 2.45) is 0 Å². The number of benzene rings is 2. The van der Waals surface area contributed by atoms with Crippen LogP contribution in [0.1, 0.15) is 12.5 Å². The smallest absolute Gasteiger partial charge is 0.225 e. The van der Waals surface area contributed by atoms with Crippen molar-refractivity contribution in [1.29, 1.82) is 0 Å². The fourth-order valence-corrected chi connectivity index (χ4v) is 2.29. The largest absolute Gasteiger partial charge is 0.354 e. The number of anilines is 3. The third-order valence-corrected chi connectivity index (χ3v) is 3.45. The molecule has 3 aromatic rings. The van der Waals surface area contributed by atoms with Gasteiger partial charge in [-0.3, -0.25) is 0 Å². The molecule has 2 N–H and O–H groups in total. The molecule has 0 aliphatic rings. The molecule has 0 fully saturated rings. The molecule has 0 aliphatic heterocycles. The Bertz CT molecular complexity index is 767. The van der Waals surface area contributed by atoms with Crippen LogP contribution in [0.2, 0.25) is 0 Å². The fraction of sp³-hybridized carbons (Fsp3) is 0.158. The zero-order valence-corrected chi connectivity index (χ0v) is 13.4. The van der Waals surface area contributed by atoms with E-state index in [1.165, 1.54) is 5.56 Å². The minimum atomic E-state index is 0.628. The van der Waals surface area contributed by atoms with Crippen molar-refractivity contribution >= 4 is 17.5 Å². The Morgan fingerprint density at radius 2 is 1.65 bits per heavy atom. The number of hydrogen-bond donors (Lipinski definition) is 2. The number of aromatic nitrogens is 2. The summed E-state index contributed by atoms with van der Waals surface area (Å²) in [4.78, 5) is 9.12. The monoisotopic (exact) mass is 304 g/mol. The molecular formula is C19H20N4. The number of aryl methyl sites for hydroxylation is 1. The maximum absolute atomic E-state index is 4.59. The van der Waals surface area contributed by atoms with E-state index in [9.17, 15) is 0 Å². The Morgan fingerprint density at radius 3 is 2.35 bits per heavy atom. The summed E-state index contributed by atoms with van der Waals surface area (Å²) < 4.78 is 0. The van der Waals surface area contributed by atoms with E-state index < -0.39 is 0 Å². The molecule has 4 nitrogen and oxygen atoms in total. The second-order valence-corrected chi connectivity index (χ2v) is 5.35. The molecule has 116 valence electrons. The predicted octanol–water partition coefficient (Wildman–Crippen LogP) is 4.63. The van der Waals surface area contributed by atoms with Crippen molar-refractivity contribution in [1.82, 2.24) is 9.97 Å². The lowest BCUT2D eigenvalue weighted by Gasteiger charge is -2.11. The quantitative estimate of drug-likeness (QED) is 0.721. The molecule has 0 spiro atoms. The van der Waals surface area contributed by atoms with Crippen LogP contribution < -0.4 is 10.6 Å².